The number of hydrogen-bond donors (Lipinski definition) is 2. The third-order valence-electron chi connectivity index (χ3n) is 4.66. The van der Waals surface area contributed by atoms with Crippen molar-refractivity contribution in [1.29, 1.82) is 0 Å². The number of anilines is 1. The van der Waals surface area contributed by atoms with E-state index in [-0.39, 0.29) is 5.91 Å². The summed E-state index contributed by atoms with van der Waals surface area (Å²) in [6.45, 7) is 3.19. The molecule has 0 bridgehead atoms. The number of nitrogens with zero attached hydrogens (tertiary/aromatic N) is 2. The molecule has 3 heterocycles. The zero-order chi connectivity index (χ0) is 17.1. The van der Waals surface area contributed by atoms with E-state index in [0.717, 1.165) is 41.8 Å². The number of benzene rings is 1. The number of hydrogen-bond acceptors (Lipinski definition) is 4. The molecule has 1 saturated heterocycles. The number of para-hydroxylation sites is 1. The molecule has 1 aliphatic heterocycles. The molecule has 3 aromatic rings. The highest BCUT2D eigenvalue weighted by molar-refractivity contribution is 7.13. The molecule has 0 radical (unpaired) electrons. The van der Waals surface area contributed by atoms with Gasteiger partial charge in [0.2, 0.25) is 5.91 Å². The van der Waals surface area contributed by atoms with Crippen LogP contribution >= 0.6 is 11.3 Å². The summed E-state index contributed by atoms with van der Waals surface area (Å²) in [5.74, 6) is -0.0244. The number of fused-ring (bicyclic) bond motifs is 1. The largest absolute Gasteiger partial charge is 0.361 e. The number of carbonyl (C=O) groups excluding carboxylic acids is 1. The van der Waals surface area contributed by atoms with Gasteiger partial charge in [-0.25, -0.2) is 4.98 Å². The van der Waals surface area contributed by atoms with Crippen molar-refractivity contribution in [1.82, 2.24) is 14.9 Å². The van der Waals surface area contributed by atoms with Crippen molar-refractivity contribution in [2.45, 2.75) is 32.2 Å². The van der Waals surface area contributed by atoms with Crippen LogP contribution in [0.15, 0.2) is 35.8 Å². The summed E-state index contributed by atoms with van der Waals surface area (Å²) in [5.41, 5.74) is 3.12. The Bertz CT molecular complexity index is 863. The van der Waals surface area contributed by atoms with Crippen LogP contribution < -0.4 is 5.32 Å². The predicted octanol–water partition coefficient (Wildman–Crippen LogP) is 3.79. The van der Waals surface area contributed by atoms with Gasteiger partial charge in [-0.2, -0.15) is 0 Å². The van der Waals surface area contributed by atoms with E-state index in [9.17, 15) is 4.79 Å². The molecular formula is C19H22N4OS. The predicted molar refractivity (Wildman–Crippen MR) is 102 cm³/mol. The SMILES string of the molecule is O=C(Cc1c[nH]c2ccccc12)Nc1nc(CN2CCCCC2)cs1. The van der Waals surface area contributed by atoms with Crippen LogP contribution in [0, 0.1) is 0 Å². The van der Waals surface area contributed by atoms with Gasteiger partial charge in [0.1, 0.15) is 0 Å². The second-order valence-electron chi connectivity index (χ2n) is 6.57. The Balaban J connectivity index is 1.36. The minimum Gasteiger partial charge on any atom is -0.361 e. The number of nitrogens with one attached hydrogen (secondary N) is 2. The van der Waals surface area contributed by atoms with E-state index >= 15 is 0 Å². The molecule has 4 rings (SSSR count). The number of H-pyrrole nitrogens is 1. The molecule has 1 fully saturated rings. The summed E-state index contributed by atoms with van der Waals surface area (Å²) < 4.78 is 0. The minimum absolute atomic E-state index is 0.0244. The van der Waals surface area contributed by atoms with Gasteiger partial charge in [0, 0.05) is 29.0 Å². The van der Waals surface area contributed by atoms with Gasteiger partial charge in [-0.1, -0.05) is 24.6 Å². The molecule has 0 atom stereocenters. The quantitative estimate of drug-likeness (QED) is 0.733. The first-order chi connectivity index (χ1) is 12.3. The maximum absolute atomic E-state index is 12.4. The molecule has 0 spiro atoms. The zero-order valence-electron chi connectivity index (χ0n) is 14.1. The lowest BCUT2D eigenvalue weighted by Crippen LogP contribution is -2.29. The molecule has 0 unspecified atom stereocenters. The van der Waals surface area contributed by atoms with Crippen molar-refractivity contribution in [3.05, 3.63) is 47.1 Å². The summed E-state index contributed by atoms with van der Waals surface area (Å²) in [5, 5.41) is 6.78. The van der Waals surface area contributed by atoms with E-state index in [1.165, 1.54) is 30.6 Å². The summed E-state index contributed by atoms with van der Waals surface area (Å²) >= 11 is 1.51. The number of likely N-dealkylation sites (tertiary alicyclic amines) is 1. The van der Waals surface area contributed by atoms with Gasteiger partial charge in [0.05, 0.1) is 12.1 Å². The fourth-order valence-electron chi connectivity index (χ4n) is 3.40. The lowest BCUT2D eigenvalue weighted by Gasteiger charge is -2.25. The van der Waals surface area contributed by atoms with Crippen molar-refractivity contribution in [2.24, 2.45) is 0 Å². The third-order valence-corrected chi connectivity index (χ3v) is 5.46. The first-order valence-corrected chi connectivity index (χ1v) is 9.67. The maximum atomic E-state index is 12.4. The fourth-order valence-corrected chi connectivity index (χ4v) is 4.12. The van der Waals surface area contributed by atoms with Gasteiger partial charge in [0.25, 0.3) is 0 Å². The van der Waals surface area contributed by atoms with Gasteiger partial charge < -0.3 is 10.3 Å². The van der Waals surface area contributed by atoms with E-state index < -0.39 is 0 Å². The van der Waals surface area contributed by atoms with E-state index in [0.29, 0.717) is 11.6 Å². The second-order valence-corrected chi connectivity index (χ2v) is 7.42. The smallest absolute Gasteiger partial charge is 0.230 e. The Morgan fingerprint density at radius 3 is 2.96 bits per heavy atom. The van der Waals surface area contributed by atoms with E-state index in [1.807, 2.05) is 30.5 Å². The Labute approximate surface area is 151 Å². The van der Waals surface area contributed by atoms with Crippen molar-refractivity contribution < 1.29 is 4.79 Å². The summed E-state index contributed by atoms with van der Waals surface area (Å²) in [7, 11) is 0. The van der Waals surface area contributed by atoms with E-state index in [2.05, 4.69) is 25.6 Å². The number of aromatic nitrogens is 2. The van der Waals surface area contributed by atoms with Gasteiger partial charge in [-0.05, 0) is 37.6 Å². The number of carbonyl (C=O) groups is 1. The van der Waals surface area contributed by atoms with Crippen molar-refractivity contribution >= 4 is 33.3 Å². The highest BCUT2D eigenvalue weighted by Gasteiger charge is 2.14. The van der Waals surface area contributed by atoms with Gasteiger partial charge in [0.15, 0.2) is 5.13 Å². The Morgan fingerprint density at radius 2 is 2.08 bits per heavy atom. The van der Waals surface area contributed by atoms with Gasteiger partial charge in [-0.3, -0.25) is 9.69 Å². The highest BCUT2D eigenvalue weighted by Crippen LogP contribution is 2.21. The molecule has 1 amide bonds. The third kappa shape index (κ3) is 3.91. The highest BCUT2D eigenvalue weighted by atomic mass is 32.1. The van der Waals surface area contributed by atoms with Gasteiger partial charge in [-0.15, -0.1) is 11.3 Å². The molecule has 2 aromatic heterocycles. The lowest BCUT2D eigenvalue weighted by atomic mass is 10.1. The lowest BCUT2D eigenvalue weighted by molar-refractivity contribution is -0.115. The standard InChI is InChI=1S/C19H22N4OS/c24-18(10-14-11-20-17-7-3-2-6-16(14)17)22-19-21-15(13-25-19)12-23-8-4-1-5-9-23/h2-3,6-7,11,13,20H,1,4-5,8-10,12H2,(H,21,22,24). The minimum atomic E-state index is -0.0244. The monoisotopic (exact) mass is 354 g/mol. The molecule has 5 nitrogen and oxygen atoms in total. The molecule has 25 heavy (non-hydrogen) atoms. The fraction of sp³-hybridized carbons (Fsp3) is 0.368. The molecule has 6 heteroatoms. The topological polar surface area (TPSA) is 61.0 Å². The van der Waals surface area contributed by atoms with Crippen LogP contribution in [0.5, 0.6) is 0 Å². The summed E-state index contributed by atoms with van der Waals surface area (Å²) in [6.07, 6.45) is 6.15. The first-order valence-electron chi connectivity index (χ1n) is 8.79. The van der Waals surface area contributed by atoms with Crippen LogP contribution in [0.2, 0.25) is 0 Å². The Hall–Kier alpha value is -2.18. The van der Waals surface area contributed by atoms with Crippen LogP contribution in [0.3, 0.4) is 0 Å². The second kappa shape index (κ2) is 7.37. The number of piperidine rings is 1. The van der Waals surface area contributed by atoms with Crippen molar-refractivity contribution in [3.8, 4) is 0 Å². The average Bonchev–Trinajstić information content (AvgIpc) is 3.23. The first kappa shape index (κ1) is 16.3. The Kier molecular flexibility index (Phi) is 4.81. The number of aromatic amines is 1. The summed E-state index contributed by atoms with van der Waals surface area (Å²) in [4.78, 5) is 22.6. The average molecular weight is 354 g/mol. The van der Waals surface area contributed by atoms with Crippen LogP contribution in [0.25, 0.3) is 10.9 Å². The van der Waals surface area contributed by atoms with Crippen LogP contribution in [-0.4, -0.2) is 33.9 Å². The molecule has 1 aromatic carbocycles. The van der Waals surface area contributed by atoms with E-state index in [4.69, 9.17) is 0 Å². The number of rotatable bonds is 5. The number of amides is 1. The van der Waals surface area contributed by atoms with Crippen LogP contribution in [0.4, 0.5) is 5.13 Å². The summed E-state index contributed by atoms with van der Waals surface area (Å²) in [6, 6.07) is 8.03. The van der Waals surface area contributed by atoms with Crippen LogP contribution in [-0.2, 0) is 17.8 Å². The molecule has 0 saturated carbocycles. The maximum Gasteiger partial charge on any atom is 0.230 e. The molecule has 2 N–H and O–H groups in total. The molecule has 130 valence electrons. The van der Waals surface area contributed by atoms with E-state index in [1.54, 1.807) is 0 Å². The molecule has 1 aliphatic rings. The van der Waals surface area contributed by atoms with Crippen LogP contribution in [0.1, 0.15) is 30.5 Å². The number of thiazole rings is 1. The van der Waals surface area contributed by atoms with Gasteiger partial charge >= 0.3 is 0 Å². The molecule has 0 aliphatic carbocycles. The Morgan fingerprint density at radius 1 is 1.24 bits per heavy atom. The van der Waals surface area contributed by atoms with Crippen molar-refractivity contribution in [2.75, 3.05) is 18.4 Å². The normalized spacial score (nSPS) is 15.5. The van der Waals surface area contributed by atoms with Crippen molar-refractivity contribution in [3.63, 3.8) is 0 Å². The molecular weight excluding hydrogens is 332 g/mol. The zero-order valence-corrected chi connectivity index (χ0v) is 14.9.